The van der Waals surface area contributed by atoms with E-state index < -0.39 is 5.60 Å². The molecule has 0 spiro atoms. The minimum absolute atomic E-state index is 0.0246. The molecule has 2 heterocycles. The Morgan fingerprint density at radius 2 is 1.76 bits per heavy atom. The van der Waals surface area contributed by atoms with Gasteiger partial charge in [-0.05, 0) is 79.1 Å². The van der Waals surface area contributed by atoms with Gasteiger partial charge >= 0.3 is 12.1 Å². The van der Waals surface area contributed by atoms with Crippen LogP contribution in [-0.2, 0) is 23.9 Å². The zero-order valence-electron chi connectivity index (χ0n) is 21.6. The number of carbonyl (C=O) groups excluding carboxylic acids is 4. The van der Waals surface area contributed by atoms with Gasteiger partial charge in [0, 0.05) is 31.6 Å². The van der Waals surface area contributed by atoms with Crippen molar-refractivity contribution >= 4 is 23.9 Å². The zero-order valence-corrected chi connectivity index (χ0v) is 21.6. The average molecular weight is 482 g/mol. The van der Waals surface area contributed by atoms with Crippen molar-refractivity contribution in [2.24, 2.45) is 11.8 Å². The van der Waals surface area contributed by atoms with Crippen LogP contribution in [0.1, 0.15) is 79.6 Å². The van der Waals surface area contributed by atoms with Crippen LogP contribution in [0.3, 0.4) is 0 Å². The Morgan fingerprint density at radius 1 is 1.09 bits per heavy atom. The van der Waals surface area contributed by atoms with Crippen LogP contribution in [0, 0.1) is 11.8 Å². The number of hydrogen-bond acceptors (Lipinski definition) is 6. The van der Waals surface area contributed by atoms with E-state index in [0.717, 1.165) is 38.5 Å². The van der Waals surface area contributed by atoms with E-state index in [1.165, 1.54) is 0 Å². The molecule has 0 aromatic heterocycles. The first-order valence-electron chi connectivity index (χ1n) is 12.7. The average Bonchev–Trinajstić information content (AvgIpc) is 2.73. The maximum absolute atomic E-state index is 13.0. The number of nitrogens with one attached hydrogen (secondary N) is 1. The lowest BCUT2D eigenvalue weighted by Gasteiger charge is -2.35. The Morgan fingerprint density at radius 3 is 2.38 bits per heavy atom. The van der Waals surface area contributed by atoms with E-state index in [0.29, 0.717) is 32.2 Å². The highest BCUT2D eigenvalue weighted by atomic mass is 16.6. The molecule has 194 valence electrons. The number of piperidine rings is 2. The molecular weight excluding hydrogens is 438 g/mol. The highest BCUT2D eigenvalue weighted by Crippen LogP contribution is 2.29. The van der Waals surface area contributed by atoms with Gasteiger partial charge in [-0.15, -0.1) is 0 Å². The fourth-order valence-electron chi connectivity index (χ4n) is 4.63. The van der Waals surface area contributed by atoms with E-state index in [1.807, 2.05) is 20.8 Å². The first-order valence-corrected chi connectivity index (χ1v) is 12.7. The largest absolute Gasteiger partial charge is 0.466 e. The summed E-state index contributed by atoms with van der Waals surface area (Å²) in [6.07, 6.45) is 5.21. The molecule has 9 nitrogen and oxygen atoms in total. The van der Waals surface area contributed by atoms with E-state index in [-0.39, 0.29) is 48.8 Å². The molecule has 2 aliphatic rings. The summed E-state index contributed by atoms with van der Waals surface area (Å²) in [7, 11) is 0. The van der Waals surface area contributed by atoms with Crippen LogP contribution in [0.5, 0.6) is 0 Å². The standard InChI is InChI=1S/C25H43N3O6/c1-6-33-22(30)16-18(2)26-21(29)17-28-13-7-8-20(23(28)31)10-9-19-11-14-27(15-12-19)24(32)34-25(3,4)5/h18-20H,6-17H2,1-5H3,(H,26,29)/t18-,20-/m0/s1. The van der Waals surface area contributed by atoms with Gasteiger partial charge in [0.15, 0.2) is 0 Å². The highest BCUT2D eigenvalue weighted by Gasteiger charge is 2.32. The Labute approximate surface area is 203 Å². The molecule has 0 unspecified atom stereocenters. The predicted octanol–water partition coefficient (Wildman–Crippen LogP) is 3.11. The fraction of sp³-hybridized carbons (Fsp3) is 0.840. The van der Waals surface area contributed by atoms with Crippen LogP contribution in [-0.4, -0.2) is 78.1 Å². The van der Waals surface area contributed by atoms with Gasteiger partial charge in [-0.25, -0.2) is 4.79 Å². The van der Waals surface area contributed by atoms with Crippen molar-refractivity contribution in [2.75, 3.05) is 32.8 Å². The molecule has 1 N–H and O–H groups in total. The second-order valence-corrected chi connectivity index (χ2v) is 10.6. The third-order valence-corrected chi connectivity index (χ3v) is 6.35. The number of carbonyl (C=O) groups is 4. The molecular formula is C25H43N3O6. The minimum Gasteiger partial charge on any atom is -0.466 e. The Bertz CT molecular complexity index is 712. The van der Waals surface area contributed by atoms with E-state index in [1.54, 1.807) is 23.6 Å². The highest BCUT2D eigenvalue weighted by molar-refractivity contribution is 5.86. The van der Waals surface area contributed by atoms with Crippen molar-refractivity contribution in [3.8, 4) is 0 Å². The topological polar surface area (TPSA) is 105 Å². The monoisotopic (exact) mass is 481 g/mol. The molecule has 0 aliphatic carbocycles. The zero-order chi connectivity index (χ0) is 25.3. The van der Waals surface area contributed by atoms with Gasteiger partial charge in [-0.3, -0.25) is 14.4 Å². The molecule has 0 saturated carbocycles. The number of nitrogens with zero attached hydrogens (tertiary/aromatic N) is 2. The molecule has 9 heteroatoms. The summed E-state index contributed by atoms with van der Waals surface area (Å²) in [4.78, 5) is 52.6. The van der Waals surface area contributed by atoms with Crippen LogP contribution in [0.15, 0.2) is 0 Å². The fourth-order valence-corrected chi connectivity index (χ4v) is 4.63. The van der Waals surface area contributed by atoms with Gasteiger partial charge in [0.05, 0.1) is 19.6 Å². The van der Waals surface area contributed by atoms with Crippen LogP contribution in [0.2, 0.25) is 0 Å². The second kappa shape index (κ2) is 13.0. The van der Waals surface area contributed by atoms with Gasteiger partial charge in [-0.1, -0.05) is 0 Å². The summed E-state index contributed by atoms with van der Waals surface area (Å²) >= 11 is 0. The molecule has 0 bridgehead atoms. The smallest absolute Gasteiger partial charge is 0.410 e. The summed E-state index contributed by atoms with van der Waals surface area (Å²) in [6, 6.07) is -0.339. The second-order valence-electron chi connectivity index (χ2n) is 10.6. The SMILES string of the molecule is CCOC(=O)C[C@H](C)NC(=O)CN1CCC[C@@H](CCC2CCN(C(=O)OC(C)(C)C)CC2)C1=O. The van der Waals surface area contributed by atoms with Crippen LogP contribution in [0.25, 0.3) is 0 Å². The molecule has 2 fully saturated rings. The first-order chi connectivity index (χ1) is 16.0. The molecule has 2 saturated heterocycles. The Balaban J connectivity index is 1.72. The van der Waals surface area contributed by atoms with Crippen molar-refractivity contribution in [2.45, 2.75) is 91.2 Å². The van der Waals surface area contributed by atoms with E-state index in [4.69, 9.17) is 9.47 Å². The van der Waals surface area contributed by atoms with Gasteiger partial charge < -0.3 is 24.6 Å². The van der Waals surface area contributed by atoms with Gasteiger partial charge in [0.1, 0.15) is 5.60 Å². The number of likely N-dealkylation sites (tertiary alicyclic amines) is 2. The Kier molecular flexibility index (Phi) is 10.6. The molecule has 3 amide bonds. The maximum Gasteiger partial charge on any atom is 0.410 e. The van der Waals surface area contributed by atoms with Gasteiger partial charge in [0.2, 0.25) is 11.8 Å². The van der Waals surface area contributed by atoms with E-state index >= 15 is 0 Å². The summed E-state index contributed by atoms with van der Waals surface area (Å²) in [5.74, 6) is -0.108. The van der Waals surface area contributed by atoms with Crippen LogP contribution >= 0.6 is 0 Å². The van der Waals surface area contributed by atoms with Crippen molar-refractivity contribution < 1.29 is 28.7 Å². The third-order valence-electron chi connectivity index (χ3n) is 6.35. The lowest BCUT2D eigenvalue weighted by molar-refractivity contribution is -0.145. The molecule has 34 heavy (non-hydrogen) atoms. The number of amides is 3. The summed E-state index contributed by atoms with van der Waals surface area (Å²) < 4.78 is 10.4. The predicted molar refractivity (Wildman–Crippen MR) is 128 cm³/mol. The van der Waals surface area contributed by atoms with Crippen molar-refractivity contribution in [1.29, 1.82) is 0 Å². The normalized spacial score (nSPS) is 20.6. The number of rotatable bonds is 9. The summed E-state index contributed by atoms with van der Waals surface area (Å²) in [5.41, 5.74) is -0.489. The van der Waals surface area contributed by atoms with Crippen molar-refractivity contribution in [3.05, 3.63) is 0 Å². The lowest BCUT2D eigenvalue weighted by Crippen LogP contribution is -2.48. The van der Waals surface area contributed by atoms with E-state index in [2.05, 4.69) is 5.32 Å². The Hall–Kier alpha value is -2.32. The summed E-state index contributed by atoms with van der Waals surface area (Å²) in [6.45, 7) is 11.4. The van der Waals surface area contributed by atoms with Crippen LogP contribution in [0.4, 0.5) is 4.79 Å². The maximum atomic E-state index is 13.0. The molecule has 0 aromatic rings. The summed E-state index contributed by atoms with van der Waals surface area (Å²) in [5, 5.41) is 2.79. The van der Waals surface area contributed by atoms with Crippen molar-refractivity contribution in [3.63, 3.8) is 0 Å². The molecule has 0 aromatic carbocycles. The molecule has 2 aliphatic heterocycles. The molecule has 2 rings (SSSR count). The van der Waals surface area contributed by atoms with E-state index in [9.17, 15) is 19.2 Å². The number of ether oxygens (including phenoxy) is 2. The third kappa shape index (κ3) is 9.50. The van der Waals surface area contributed by atoms with Gasteiger partial charge in [0.25, 0.3) is 0 Å². The van der Waals surface area contributed by atoms with Gasteiger partial charge in [-0.2, -0.15) is 0 Å². The quantitative estimate of drug-likeness (QED) is 0.508. The first kappa shape index (κ1) is 27.9. The van der Waals surface area contributed by atoms with Crippen LogP contribution < -0.4 is 5.32 Å². The molecule has 2 atom stereocenters. The van der Waals surface area contributed by atoms with Crippen molar-refractivity contribution in [1.82, 2.24) is 15.1 Å². The molecule has 0 radical (unpaired) electrons. The minimum atomic E-state index is -0.489. The lowest BCUT2D eigenvalue weighted by atomic mass is 9.85. The number of esters is 1. The number of hydrogen-bond donors (Lipinski definition) is 1.